The molecular weight excluding hydrogens is 805 g/mol. The summed E-state index contributed by atoms with van der Waals surface area (Å²) in [6.45, 7) is 11.5. The number of hydrogen-bond donors (Lipinski definition) is 2. The summed E-state index contributed by atoms with van der Waals surface area (Å²) >= 11 is 0. The van der Waals surface area contributed by atoms with Crippen molar-refractivity contribution in [3.63, 3.8) is 0 Å². The molecule has 0 aliphatic rings. The molecule has 0 heterocycles. The summed E-state index contributed by atoms with van der Waals surface area (Å²) in [7, 11) is 5.43. The Morgan fingerprint density at radius 3 is 1.09 bits per heavy atom. The van der Waals surface area contributed by atoms with Crippen LogP contribution in [0.25, 0.3) is 0 Å². The number of esters is 4. The van der Waals surface area contributed by atoms with Gasteiger partial charge < -0.3 is 58.0 Å². The van der Waals surface area contributed by atoms with Gasteiger partial charge in [-0.2, -0.15) is 0 Å². The molecule has 0 aromatic carbocycles. The van der Waals surface area contributed by atoms with Gasteiger partial charge in [0, 0.05) is 38.6 Å². The summed E-state index contributed by atoms with van der Waals surface area (Å²) in [6, 6.07) is -2.23. The molecule has 0 saturated carbocycles. The zero-order chi connectivity index (χ0) is 43.2. The molecule has 0 rings (SSSR count). The van der Waals surface area contributed by atoms with Gasteiger partial charge >= 0.3 is 23.9 Å². The van der Waals surface area contributed by atoms with Gasteiger partial charge in [-0.15, -0.1) is 0 Å². The number of amides is 2. The number of hydrogen-bond acceptors (Lipinski definition) is 18. The van der Waals surface area contributed by atoms with Gasteiger partial charge in [0.05, 0.1) is 92.1 Å². The fourth-order valence-electron chi connectivity index (χ4n) is 4.03. The number of nitrogens with one attached hydrogen (secondary N) is 2. The lowest BCUT2D eigenvalue weighted by Gasteiger charge is -2.19. The van der Waals surface area contributed by atoms with Crippen LogP contribution in [0.15, 0.2) is 0 Å². The topological polar surface area (TPSA) is 219 Å². The highest BCUT2D eigenvalue weighted by Gasteiger charge is 2.26. The predicted octanol–water partition coefficient (Wildman–Crippen LogP) is 2.52. The smallest absolute Gasteiger partial charge is 0.329 e. The summed E-state index contributed by atoms with van der Waals surface area (Å²) in [4.78, 5) is 75.9. The fourth-order valence-corrected chi connectivity index (χ4v) is 6.32. The number of carbonyl (C=O) groups excluding carboxylic acids is 6. The van der Waals surface area contributed by atoms with Crippen molar-refractivity contribution in [3.05, 3.63) is 0 Å². The highest BCUT2D eigenvalue weighted by atomic mass is 33.1. The Balaban J connectivity index is 5.30. The number of carbonyl (C=O) groups is 6. The normalized spacial score (nSPS) is 12.2. The maximum absolute atomic E-state index is 13.1. The predicted molar refractivity (Wildman–Crippen MR) is 217 cm³/mol. The molecule has 2 N–H and O–H groups in total. The highest BCUT2D eigenvalue weighted by Crippen LogP contribution is 2.24. The van der Waals surface area contributed by atoms with Crippen molar-refractivity contribution in [3.8, 4) is 0 Å². The molecule has 18 nitrogen and oxygen atoms in total. The summed E-state index contributed by atoms with van der Waals surface area (Å²) in [5.74, 6) is -2.88. The molecule has 2 amide bonds. The third-order valence-corrected chi connectivity index (χ3v) is 9.79. The minimum absolute atomic E-state index is 0.0144. The SMILES string of the molecule is COCCOCCOCCOC(=O)[C@H](CSSC[C@H](NC(=O)CCC(=O)OCCC(C)C)C(=O)OCCOCCOCCOC)NC(=O)CCC(=O)OCCC(C)C. The average molecular weight is 873 g/mol. The third-order valence-electron chi connectivity index (χ3n) is 7.37. The van der Waals surface area contributed by atoms with E-state index in [1.165, 1.54) is 0 Å². The fraction of sp³-hybridized carbons (Fsp3) is 0.842. The Morgan fingerprint density at radius 2 is 0.759 bits per heavy atom. The molecule has 0 saturated heterocycles. The number of methoxy groups -OCH3 is 2. The van der Waals surface area contributed by atoms with E-state index in [1.807, 2.05) is 27.7 Å². The van der Waals surface area contributed by atoms with Crippen LogP contribution in [0, 0.1) is 11.8 Å². The highest BCUT2D eigenvalue weighted by molar-refractivity contribution is 8.76. The Bertz CT molecular complexity index is 1030. The molecule has 0 spiro atoms. The van der Waals surface area contributed by atoms with Gasteiger partial charge in [0.25, 0.3) is 0 Å². The average Bonchev–Trinajstić information content (AvgIpc) is 3.18. The molecule has 0 aromatic rings. The van der Waals surface area contributed by atoms with Crippen LogP contribution in [-0.4, -0.2) is 166 Å². The van der Waals surface area contributed by atoms with Crippen molar-refractivity contribution in [1.29, 1.82) is 0 Å². The van der Waals surface area contributed by atoms with E-state index in [9.17, 15) is 28.8 Å². The number of ether oxygens (including phenoxy) is 10. The van der Waals surface area contributed by atoms with E-state index in [2.05, 4.69) is 10.6 Å². The van der Waals surface area contributed by atoms with Crippen LogP contribution < -0.4 is 10.6 Å². The van der Waals surface area contributed by atoms with Crippen LogP contribution in [0.1, 0.15) is 66.2 Å². The van der Waals surface area contributed by atoms with Crippen LogP contribution in [0.3, 0.4) is 0 Å². The van der Waals surface area contributed by atoms with Crippen LogP contribution in [0.2, 0.25) is 0 Å². The Morgan fingerprint density at radius 1 is 0.431 bits per heavy atom. The minimum atomic E-state index is -1.11. The standard InChI is InChI=1S/C38H68N2O16S2/c1-29(2)11-13-53-35(43)9-7-33(41)39-31(37(45)55-25-23-51-21-19-49-17-15-47-5)27-57-58-28-32(38(46)56-26-24-52-22-20-50-18-16-48-6)40-34(42)8-10-36(44)54-14-12-30(3)4/h29-32H,7-28H2,1-6H3,(H,39,41)(H,40,42)/t31-,32-/m0/s1. The van der Waals surface area contributed by atoms with Crippen molar-refractivity contribution in [2.45, 2.75) is 78.3 Å². The lowest BCUT2D eigenvalue weighted by atomic mass is 10.1. The third kappa shape index (κ3) is 35.2. The first-order valence-corrected chi connectivity index (χ1v) is 22.1. The molecule has 0 aliphatic heterocycles. The number of rotatable bonds is 39. The van der Waals surface area contributed by atoms with Crippen molar-refractivity contribution in [1.82, 2.24) is 10.6 Å². The van der Waals surface area contributed by atoms with Crippen LogP contribution in [-0.2, 0) is 76.1 Å². The van der Waals surface area contributed by atoms with E-state index in [-0.39, 0.29) is 90.0 Å². The molecule has 0 unspecified atom stereocenters. The molecule has 0 bridgehead atoms. The van der Waals surface area contributed by atoms with E-state index in [0.29, 0.717) is 64.3 Å². The molecule has 0 aromatic heterocycles. The Hall–Kier alpha value is -2.72. The lowest BCUT2D eigenvalue weighted by molar-refractivity contribution is -0.149. The molecule has 0 fully saturated rings. The van der Waals surface area contributed by atoms with Gasteiger partial charge in [0.2, 0.25) is 11.8 Å². The molecule has 0 aliphatic carbocycles. The first-order chi connectivity index (χ1) is 27.9. The van der Waals surface area contributed by atoms with Crippen molar-refractivity contribution < 1.29 is 76.1 Å². The lowest BCUT2D eigenvalue weighted by Crippen LogP contribution is -2.44. The Kier molecular flexibility index (Phi) is 36.7. The van der Waals surface area contributed by atoms with E-state index in [1.54, 1.807) is 14.2 Å². The zero-order valence-corrected chi connectivity index (χ0v) is 36.8. The van der Waals surface area contributed by atoms with Crippen LogP contribution >= 0.6 is 21.6 Å². The zero-order valence-electron chi connectivity index (χ0n) is 35.2. The van der Waals surface area contributed by atoms with E-state index >= 15 is 0 Å². The summed E-state index contributed by atoms with van der Waals surface area (Å²) in [5, 5.41) is 5.23. The van der Waals surface area contributed by atoms with Crippen molar-refractivity contribution in [2.75, 3.05) is 118 Å². The van der Waals surface area contributed by atoms with Crippen molar-refractivity contribution >= 4 is 57.3 Å². The van der Waals surface area contributed by atoms with Crippen LogP contribution in [0.4, 0.5) is 0 Å². The monoisotopic (exact) mass is 872 g/mol. The second-order valence-electron chi connectivity index (χ2n) is 13.4. The molecule has 338 valence electrons. The molecule has 0 radical (unpaired) electrons. The van der Waals surface area contributed by atoms with Crippen LogP contribution in [0.5, 0.6) is 0 Å². The van der Waals surface area contributed by atoms with Gasteiger partial charge in [-0.1, -0.05) is 49.3 Å². The maximum atomic E-state index is 13.1. The second kappa shape index (κ2) is 38.5. The minimum Gasteiger partial charge on any atom is -0.466 e. The van der Waals surface area contributed by atoms with E-state index in [4.69, 9.17) is 47.4 Å². The summed E-state index contributed by atoms with van der Waals surface area (Å²) in [6.07, 6.45) is 0.649. The van der Waals surface area contributed by atoms with Gasteiger partial charge in [0.1, 0.15) is 25.3 Å². The van der Waals surface area contributed by atoms with Gasteiger partial charge in [-0.3, -0.25) is 19.2 Å². The maximum Gasteiger partial charge on any atom is 0.329 e. The quantitative estimate of drug-likeness (QED) is 0.0392. The van der Waals surface area contributed by atoms with Gasteiger partial charge in [0.15, 0.2) is 0 Å². The van der Waals surface area contributed by atoms with E-state index in [0.717, 1.165) is 21.6 Å². The first-order valence-electron chi connectivity index (χ1n) is 19.7. The van der Waals surface area contributed by atoms with Gasteiger partial charge in [-0.25, -0.2) is 9.59 Å². The van der Waals surface area contributed by atoms with Crippen molar-refractivity contribution in [2.24, 2.45) is 11.8 Å². The molecule has 20 heteroatoms. The largest absolute Gasteiger partial charge is 0.466 e. The van der Waals surface area contributed by atoms with Gasteiger partial charge in [-0.05, 0) is 24.7 Å². The Labute approximate surface area is 351 Å². The second-order valence-corrected chi connectivity index (χ2v) is 15.9. The summed E-state index contributed by atoms with van der Waals surface area (Å²) in [5.41, 5.74) is 0. The summed E-state index contributed by atoms with van der Waals surface area (Å²) < 4.78 is 52.4. The van der Waals surface area contributed by atoms with E-state index < -0.39 is 47.8 Å². The molecular formula is C38H68N2O16S2. The molecule has 2 atom stereocenters. The first kappa shape index (κ1) is 55.3. The molecule has 58 heavy (non-hydrogen) atoms.